The molecule has 1 aliphatic heterocycles. The van der Waals surface area contributed by atoms with Crippen molar-refractivity contribution in [3.05, 3.63) is 52.1 Å². The van der Waals surface area contributed by atoms with E-state index in [1.807, 2.05) is 32.0 Å². The summed E-state index contributed by atoms with van der Waals surface area (Å²) in [5, 5.41) is 5.90. The monoisotopic (exact) mass is 416 g/mol. The molecule has 1 saturated heterocycles. The van der Waals surface area contributed by atoms with Crippen LogP contribution in [0.4, 0.5) is 11.5 Å². The fourth-order valence-electron chi connectivity index (χ4n) is 2.92. The lowest BCUT2D eigenvalue weighted by Gasteiger charge is -2.18. The number of anilines is 2. The van der Waals surface area contributed by atoms with Gasteiger partial charge in [-0.1, -0.05) is 15.9 Å². The van der Waals surface area contributed by atoms with Gasteiger partial charge < -0.3 is 15.5 Å². The van der Waals surface area contributed by atoms with Crippen molar-refractivity contribution >= 4 is 39.2 Å². The molecule has 2 N–H and O–H groups in total. The van der Waals surface area contributed by atoms with E-state index in [4.69, 9.17) is 0 Å². The minimum absolute atomic E-state index is 0.0290. The lowest BCUT2D eigenvalue weighted by molar-refractivity contribution is -0.117. The molecule has 0 bridgehead atoms. The van der Waals surface area contributed by atoms with Crippen molar-refractivity contribution in [1.82, 2.24) is 10.3 Å². The van der Waals surface area contributed by atoms with Crippen LogP contribution in [-0.2, 0) is 4.79 Å². The zero-order valence-corrected chi connectivity index (χ0v) is 16.3. The molecule has 1 fully saturated rings. The standard InChI is InChI=1S/C19H21BrN4O2/c1-3-21-18(25)13-4-7-17(22-11-13)23-16-8-9-24(19(16)26)14-5-6-15(20)12(2)10-14/h4-7,10-11,16H,3,8-9H2,1-2H3,(H,21,25)(H,22,23). The normalized spacial score (nSPS) is 16.7. The summed E-state index contributed by atoms with van der Waals surface area (Å²) in [6.07, 6.45) is 2.22. The Bertz CT molecular complexity index is 823. The number of hydrogen-bond donors (Lipinski definition) is 2. The van der Waals surface area contributed by atoms with Crippen molar-refractivity contribution < 1.29 is 9.59 Å². The first-order valence-electron chi connectivity index (χ1n) is 8.58. The summed E-state index contributed by atoms with van der Waals surface area (Å²) in [4.78, 5) is 30.5. The maximum Gasteiger partial charge on any atom is 0.252 e. The quantitative estimate of drug-likeness (QED) is 0.784. The van der Waals surface area contributed by atoms with Crippen LogP contribution in [0.25, 0.3) is 0 Å². The molecule has 1 atom stereocenters. The summed E-state index contributed by atoms with van der Waals surface area (Å²) in [5.74, 6) is 0.465. The largest absolute Gasteiger partial charge is 0.358 e. The third kappa shape index (κ3) is 3.88. The first-order chi connectivity index (χ1) is 12.5. The molecular weight excluding hydrogens is 396 g/mol. The van der Waals surface area contributed by atoms with Crippen LogP contribution < -0.4 is 15.5 Å². The van der Waals surface area contributed by atoms with Crippen molar-refractivity contribution in [3.63, 3.8) is 0 Å². The van der Waals surface area contributed by atoms with Gasteiger partial charge in [0.1, 0.15) is 11.9 Å². The number of halogens is 1. The zero-order valence-electron chi connectivity index (χ0n) is 14.8. The molecule has 136 valence electrons. The summed E-state index contributed by atoms with van der Waals surface area (Å²) >= 11 is 3.48. The zero-order chi connectivity index (χ0) is 18.7. The number of carbonyl (C=O) groups excluding carboxylic acids is 2. The third-order valence-electron chi connectivity index (χ3n) is 4.34. The van der Waals surface area contributed by atoms with Crippen LogP contribution in [0, 0.1) is 6.92 Å². The van der Waals surface area contributed by atoms with Gasteiger partial charge in [-0.05, 0) is 56.2 Å². The van der Waals surface area contributed by atoms with E-state index in [1.54, 1.807) is 17.0 Å². The van der Waals surface area contributed by atoms with Crippen molar-refractivity contribution in [2.24, 2.45) is 0 Å². The van der Waals surface area contributed by atoms with E-state index in [0.717, 1.165) is 15.7 Å². The van der Waals surface area contributed by atoms with E-state index < -0.39 is 0 Å². The number of rotatable bonds is 5. The molecule has 0 saturated carbocycles. The van der Waals surface area contributed by atoms with Crippen LogP contribution >= 0.6 is 15.9 Å². The molecule has 3 rings (SSSR count). The van der Waals surface area contributed by atoms with Gasteiger partial charge in [-0.25, -0.2) is 4.98 Å². The second-order valence-corrected chi connectivity index (χ2v) is 7.05. The molecule has 7 heteroatoms. The lowest BCUT2D eigenvalue weighted by Crippen LogP contribution is -2.33. The van der Waals surface area contributed by atoms with E-state index >= 15 is 0 Å². The number of benzene rings is 1. The van der Waals surface area contributed by atoms with Gasteiger partial charge in [0.2, 0.25) is 5.91 Å². The Morgan fingerprint density at radius 3 is 2.81 bits per heavy atom. The fraction of sp³-hybridized carbons (Fsp3) is 0.316. The highest BCUT2D eigenvalue weighted by Gasteiger charge is 2.32. The highest BCUT2D eigenvalue weighted by molar-refractivity contribution is 9.10. The van der Waals surface area contributed by atoms with E-state index in [9.17, 15) is 9.59 Å². The Balaban J connectivity index is 1.67. The Kier molecular flexibility index (Phi) is 5.56. The van der Waals surface area contributed by atoms with Crippen molar-refractivity contribution in [3.8, 4) is 0 Å². The first kappa shape index (κ1) is 18.4. The molecule has 0 radical (unpaired) electrons. The van der Waals surface area contributed by atoms with Gasteiger partial charge in [0.25, 0.3) is 5.91 Å². The SMILES string of the molecule is CCNC(=O)c1ccc(NC2CCN(c3ccc(Br)c(C)c3)C2=O)nc1. The van der Waals surface area contributed by atoms with Crippen molar-refractivity contribution in [1.29, 1.82) is 0 Å². The number of aryl methyl sites for hydroxylation is 1. The topological polar surface area (TPSA) is 74.3 Å². The number of pyridine rings is 1. The smallest absolute Gasteiger partial charge is 0.252 e. The summed E-state index contributed by atoms with van der Waals surface area (Å²) < 4.78 is 1.03. The fourth-order valence-corrected chi connectivity index (χ4v) is 3.17. The predicted octanol–water partition coefficient (Wildman–Crippen LogP) is 3.12. The number of nitrogens with one attached hydrogen (secondary N) is 2. The number of nitrogens with zero attached hydrogens (tertiary/aromatic N) is 2. The molecule has 26 heavy (non-hydrogen) atoms. The van der Waals surface area contributed by atoms with Gasteiger partial charge in [0, 0.05) is 29.4 Å². The van der Waals surface area contributed by atoms with E-state index in [2.05, 4.69) is 31.5 Å². The van der Waals surface area contributed by atoms with Crippen LogP contribution in [-0.4, -0.2) is 35.9 Å². The van der Waals surface area contributed by atoms with Crippen LogP contribution in [0.2, 0.25) is 0 Å². The van der Waals surface area contributed by atoms with Gasteiger partial charge >= 0.3 is 0 Å². The maximum absolute atomic E-state index is 12.7. The Labute approximate surface area is 161 Å². The number of amides is 2. The molecule has 2 heterocycles. The highest BCUT2D eigenvalue weighted by atomic mass is 79.9. The number of carbonyl (C=O) groups is 2. The summed E-state index contributed by atoms with van der Waals surface area (Å²) in [5.41, 5.74) is 2.50. The highest BCUT2D eigenvalue weighted by Crippen LogP contribution is 2.27. The molecule has 1 unspecified atom stereocenters. The molecular formula is C19H21BrN4O2. The molecule has 2 aromatic rings. The molecule has 1 aliphatic rings. The van der Waals surface area contributed by atoms with Crippen LogP contribution in [0.3, 0.4) is 0 Å². The predicted molar refractivity (Wildman–Crippen MR) is 106 cm³/mol. The van der Waals surface area contributed by atoms with Gasteiger partial charge in [-0.15, -0.1) is 0 Å². The van der Waals surface area contributed by atoms with Gasteiger partial charge in [-0.2, -0.15) is 0 Å². The third-order valence-corrected chi connectivity index (χ3v) is 5.23. The lowest BCUT2D eigenvalue weighted by atomic mass is 10.2. The minimum Gasteiger partial charge on any atom is -0.358 e. The Morgan fingerprint density at radius 1 is 1.35 bits per heavy atom. The minimum atomic E-state index is -0.318. The van der Waals surface area contributed by atoms with Gasteiger partial charge in [0.15, 0.2) is 0 Å². The van der Waals surface area contributed by atoms with Crippen LogP contribution in [0.1, 0.15) is 29.3 Å². The van der Waals surface area contributed by atoms with E-state index in [-0.39, 0.29) is 17.9 Å². The molecule has 2 amide bonds. The number of hydrogen-bond acceptors (Lipinski definition) is 4. The number of aromatic nitrogens is 1. The van der Waals surface area contributed by atoms with E-state index in [1.165, 1.54) is 6.20 Å². The van der Waals surface area contributed by atoms with E-state index in [0.29, 0.717) is 30.9 Å². The summed E-state index contributed by atoms with van der Waals surface area (Å²) in [6.45, 7) is 5.10. The van der Waals surface area contributed by atoms with Crippen molar-refractivity contribution in [2.75, 3.05) is 23.3 Å². The molecule has 1 aromatic heterocycles. The molecule has 6 nitrogen and oxygen atoms in total. The van der Waals surface area contributed by atoms with Crippen molar-refractivity contribution in [2.45, 2.75) is 26.3 Å². The second kappa shape index (κ2) is 7.86. The van der Waals surface area contributed by atoms with Gasteiger partial charge in [-0.3, -0.25) is 9.59 Å². The van der Waals surface area contributed by atoms with Crippen LogP contribution in [0.5, 0.6) is 0 Å². The maximum atomic E-state index is 12.7. The molecule has 0 aliphatic carbocycles. The average Bonchev–Trinajstić information content (AvgIpc) is 2.99. The Morgan fingerprint density at radius 2 is 2.15 bits per heavy atom. The first-order valence-corrected chi connectivity index (χ1v) is 9.37. The molecule has 0 spiro atoms. The summed E-state index contributed by atoms with van der Waals surface area (Å²) in [7, 11) is 0. The summed E-state index contributed by atoms with van der Waals surface area (Å²) in [6, 6.07) is 9.02. The Hall–Kier alpha value is -2.41. The second-order valence-electron chi connectivity index (χ2n) is 6.20. The van der Waals surface area contributed by atoms with Crippen LogP contribution in [0.15, 0.2) is 41.0 Å². The van der Waals surface area contributed by atoms with Gasteiger partial charge in [0.05, 0.1) is 5.56 Å². The average molecular weight is 417 g/mol. The molecule has 1 aromatic carbocycles.